The highest BCUT2D eigenvalue weighted by Gasteiger charge is 2.24. The lowest BCUT2D eigenvalue weighted by Crippen LogP contribution is -1.95. The van der Waals surface area contributed by atoms with Gasteiger partial charge in [-0.1, -0.05) is 0 Å². The summed E-state index contributed by atoms with van der Waals surface area (Å²) >= 11 is 0. The van der Waals surface area contributed by atoms with Gasteiger partial charge < -0.3 is 5.73 Å². The third kappa shape index (κ3) is 0.431. The summed E-state index contributed by atoms with van der Waals surface area (Å²) in [5, 5.41) is 0. The second kappa shape index (κ2) is 1.05. The van der Waals surface area contributed by atoms with Crippen LogP contribution in [0.1, 0.15) is 6.42 Å². The summed E-state index contributed by atoms with van der Waals surface area (Å²) in [5.74, 6) is 0. The molecule has 0 heterocycles. The van der Waals surface area contributed by atoms with Crippen molar-refractivity contribution >= 4 is 0 Å². The molecule has 0 bridgehead atoms. The van der Waals surface area contributed by atoms with Crippen molar-refractivity contribution in [3.63, 3.8) is 0 Å². The van der Waals surface area contributed by atoms with Crippen molar-refractivity contribution in [2.45, 2.75) is 12.5 Å². The van der Waals surface area contributed by atoms with E-state index in [1.165, 1.54) is 0 Å². The Bertz CT molecular complexity index is 87.5. The summed E-state index contributed by atoms with van der Waals surface area (Å²) in [6.07, 6.45) is 1.35. The van der Waals surface area contributed by atoms with Crippen LogP contribution in [-0.4, -0.2) is 6.04 Å². The van der Waals surface area contributed by atoms with Crippen LogP contribution in [0.25, 0.3) is 0 Å². The van der Waals surface area contributed by atoms with Crippen molar-refractivity contribution < 1.29 is 4.39 Å². The normalized spacial score (nSPS) is 37.7. The Labute approximate surface area is 35.6 Å². The van der Waals surface area contributed by atoms with Gasteiger partial charge in [-0.25, -0.2) is 4.39 Å². The second-order valence-corrected chi connectivity index (χ2v) is 1.49. The van der Waals surface area contributed by atoms with Crippen molar-refractivity contribution in [1.29, 1.82) is 0 Å². The molecule has 1 saturated carbocycles. The fraction of sp³-hybridized carbons (Fsp3) is 0.500. The second-order valence-electron chi connectivity index (χ2n) is 1.49. The predicted octanol–water partition coefficient (Wildman–Crippen LogP) is 0.571. The van der Waals surface area contributed by atoms with E-state index in [9.17, 15) is 4.39 Å². The Hall–Kier alpha value is -0.370. The summed E-state index contributed by atoms with van der Waals surface area (Å²) in [5.41, 5.74) is 5.91. The largest absolute Gasteiger partial charge is 0.324 e. The van der Waals surface area contributed by atoms with Crippen LogP contribution in [0.4, 0.5) is 4.39 Å². The monoisotopic (exact) mass is 87.0 g/mol. The Balaban J connectivity index is 2.44. The first kappa shape index (κ1) is 3.81. The van der Waals surface area contributed by atoms with Crippen molar-refractivity contribution in [3.05, 3.63) is 11.9 Å². The Morgan fingerprint density at radius 1 is 2.00 bits per heavy atom. The van der Waals surface area contributed by atoms with E-state index in [0.717, 1.165) is 12.0 Å². The maximum absolute atomic E-state index is 11.2. The van der Waals surface area contributed by atoms with E-state index in [1.807, 2.05) is 0 Å². The molecule has 0 aromatic rings. The Morgan fingerprint density at radius 3 is 2.50 bits per heavy atom. The van der Waals surface area contributed by atoms with Gasteiger partial charge in [0.15, 0.2) is 0 Å². The van der Waals surface area contributed by atoms with E-state index in [0.29, 0.717) is 6.33 Å². The molecule has 0 radical (unpaired) electrons. The molecule has 0 aromatic heterocycles. The smallest absolute Gasteiger partial charge is 0.0875 e. The first-order valence-corrected chi connectivity index (χ1v) is 1.89. The first-order chi connectivity index (χ1) is 2.84. The van der Waals surface area contributed by atoms with Gasteiger partial charge in [0.1, 0.15) is 0 Å². The molecule has 6 heavy (non-hydrogen) atoms. The maximum Gasteiger partial charge on any atom is 0.0875 e. The number of nitrogens with two attached hydrogens (primary N) is 1. The highest BCUT2D eigenvalue weighted by molar-refractivity contribution is 5.24. The number of hydrogen-bond donors (Lipinski definition) is 1. The van der Waals surface area contributed by atoms with Crippen LogP contribution in [0.3, 0.4) is 0 Å². The zero-order valence-electron chi connectivity index (χ0n) is 3.32. The number of rotatable bonds is 0. The standard InChI is InChI=1S/C4H6FN/c5-2-3-1-4(3)6/h2,4H,1,6H2/b3-2+. The lowest BCUT2D eigenvalue weighted by atomic mass is 10.7. The third-order valence-electron chi connectivity index (χ3n) is 0.912. The summed E-state index contributed by atoms with van der Waals surface area (Å²) in [4.78, 5) is 0. The molecule has 1 fully saturated rings. The molecule has 2 N–H and O–H groups in total. The Kier molecular flexibility index (Phi) is 0.665. The van der Waals surface area contributed by atoms with Crippen LogP contribution in [0.15, 0.2) is 11.9 Å². The van der Waals surface area contributed by atoms with E-state index in [1.54, 1.807) is 0 Å². The van der Waals surface area contributed by atoms with Gasteiger partial charge >= 0.3 is 0 Å². The molecule has 0 spiro atoms. The van der Waals surface area contributed by atoms with E-state index in [4.69, 9.17) is 5.73 Å². The summed E-state index contributed by atoms with van der Waals surface area (Å²) in [6.45, 7) is 0. The minimum absolute atomic E-state index is 0.0509. The molecule has 0 saturated heterocycles. The van der Waals surface area contributed by atoms with Gasteiger partial charge in [0.05, 0.1) is 6.33 Å². The highest BCUT2D eigenvalue weighted by atomic mass is 19.1. The molecule has 1 atom stereocenters. The van der Waals surface area contributed by atoms with Gasteiger partial charge in [-0.15, -0.1) is 0 Å². The van der Waals surface area contributed by atoms with Gasteiger partial charge in [0.25, 0.3) is 0 Å². The lowest BCUT2D eigenvalue weighted by molar-refractivity contribution is 0.716. The zero-order valence-corrected chi connectivity index (χ0v) is 3.32. The van der Waals surface area contributed by atoms with E-state index >= 15 is 0 Å². The van der Waals surface area contributed by atoms with Crippen LogP contribution in [0.2, 0.25) is 0 Å². The summed E-state index contributed by atoms with van der Waals surface area (Å²) in [7, 11) is 0. The minimum Gasteiger partial charge on any atom is -0.324 e. The van der Waals surface area contributed by atoms with Crippen molar-refractivity contribution in [2.75, 3.05) is 0 Å². The summed E-state index contributed by atoms with van der Waals surface area (Å²) in [6, 6.07) is 0.0509. The average Bonchev–Trinajstić information content (AvgIpc) is 2.19. The van der Waals surface area contributed by atoms with Crippen molar-refractivity contribution in [2.24, 2.45) is 5.73 Å². The van der Waals surface area contributed by atoms with Crippen LogP contribution in [0, 0.1) is 0 Å². The van der Waals surface area contributed by atoms with Gasteiger partial charge in [0, 0.05) is 6.04 Å². The van der Waals surface area contributed by atoms with Gasteiger partial charge in [-0.3, -0.25) is 0 Å². The van der Waals surface area contributed by atoms with Crippen LogP contribution in [-0.2, 0) is 0 Å². The fourth-order valence-corrected chi connectivity index (χ4v) is 0.320. The minimum atomic E-state index is 0.0509. The molecule has 0 amide bonds. The molecule has 0 aromatic carbocycles. The highest BCUT2D eigenvalue weighted by Crippen LogP contribution is 2.25. The molecule has 1 aliphatic rings. The topological polar surface area (TPSA) is 26.0 Å². The molecule has 1 nitrogen and oxygen atoms in total. The molecular weight excluding hydrogens is 81.0 g/mol. The van der Waals surface area contributed by atoms with Crippen molar-refractivity contribution in [1.82, 2.24) is 0 Å². The molecule has 2 heteroatoms. The van der Waals surface area contributed by atoms with E-state index < -0.39 is 0 Å². The SMILES string of the molecule is NC1C/C1=C\F. The quantitative estimate of drug-likeness (QED) is 0.459. The molecule has 1 rings (SSSR count). The maximum atomic E-state index is 11.2. The number of halogens is 1. The zero-order chi connectivity index (χ0) is 4.57. The predicted molar refractivity (Wildman–Crippen MR) is 21.8 cm³/mol. The molecule has 0 aliphatic heterocycles. The molecular formula is C4H6FN. The molecule has 1 aliphatic carbocycles. The first-order valence-electron chi connectivity index (χ1n) is 1.89. The molecule has 1 unspecified atom stereocenters. The fourth-order valence-electron chi connectivity index (χ4n) is 0.320. The third-order valence-corrected chi connectivity index (χ3v) is 0.912. The van der Waals surface area contributed by atoms with Gasteiger partial charge in [0.2, 0.25) is 0 Å². The number of hydrogen-bond acceptors (Lipinski definition) is 1. The van der Waals surface area contributed by atoms with Crippen LogP contribution >= 0.6 is 0 Å². The Morgan fingerprint density at radius 2 is 2.50 bits per heavy atom. The van der Waals surface area contributed by atoms with E-state index in [2.05, 4.69) is 0 Å². The van der Waals surface area contributed by atoms with Crippen LogP contribution in [0.5, 0.6) is 0 Å². The summed E-state index contributed by atoms with van der Waals surface area (Å²) < 4.78 is 11.2. The van der Waals surface area contributed by atoms with Crippen molar-refractivity contribution in [3.8, 4) is 0 Å². The lowest BCUT2D eigenvalue weighted by Gasteiger charge is -1.64. The van der Waals surface area contributed by atoms with E-state index in [-0.39, 0.29) is 6.04 Å². The van der Waals surface area contributed by atoms with Gasteiger partial charge in [-0.2, -0.15) is 0 Å². The van der Waals surface area contributed by atoms with Crippen LogP contribution < -0.4 is 5.73 Å². The van der Waals surface area contributed by atoms with Gasteiger partial charge in [-0.05, 0) is 12.0 Å². The molecule has 34 valence electrons. The average molecular weight is 87.1 g/mol.